The molecule has 0 fully saturated rings. The Morgan fingerprint density at radius 1 is 0.588 bits per heavy atom. The van der Waals surface area contributed by atoms with Crippen molar-refractivity contribution in [3.05, 3.63) is 200 Å². The standard InChI is InChI=1S/C60H45N6O.Pt/c1-60(2,3)40-29-30-61-56(33-40)66-52-24-14-11-19-44(52)47-28-27-42(35-55(47)66)67-43-32-39(38-17-7-6-8-18-38)31-41(34-43)64-37-65(54-26-16-15-25-53(54)64)59-57-48(45-20-9-12-22-50(45)62(57)4)36-49-46-21-10-13-23-51(46)63(5)58(49)59;/h6-33,36-37H,1-5H3;/q-3;/i4D3,5D3,6D,7D,8D,17D,18D;. The molecule has 0 atom stereocenters. The van der Waals surface area contributed by atoms with Crippen LogP contribution in [0.25, 0.3) is 82.4 Å². The van der Waals surface area contributed by atoms with E-state index in [1.165, 1.54) is 9.13 Å². The van der Waals surface area contributed by atoms with Gasteiger partial charge >= 0.3 is 0 Å². The van der Waals surface area contributed by atoms with Gasteiger partial charge in [0.15, 0.2) is 0 Å². The smallest absolute Gasteiger partial charge is 0.135 e. The van der Waals surface area contributed by atoms with Crippen LogP contribution in [0.15, 0.2) is 176 Å². The van der Waals surface area contributed by atoms with Crippen molar-refractivity contribution < 1.29 is 40.9 Å². The van der Waals surface area contributed by atoms with E-state index in [-0.39, 0.29) is 65.8 Å². The fraction of sp³-hybridized carbons (Fsp3) is 0.100. The third-order valence-corrected chi connectivity index (χ3v) is 12.9. The molecule has 0 saturated heterocycles. The first-order valence-electron chi connectivity index (χ1n) is 27.5. The molecule has 0 aliphatic carbocycles. The number of rotatable bonds is 6. The van der Waals surface area contributed by atoms with Crippen LogP contribution in [-0.4, -0.2) is 18.7 Å². The van der Waals surface area contributed by atoms with E-state index >= 15 is 0 Å². The number of hydrogen-bond donors (Lipinski definition) is 0. The third kappa shape index (κ3) is 6.40. The van der Waals surface area contributed by atoms with Crippen molar-refractivity contribution in [3.8, 4) is 28.4 Å². The summed E-state index contributed by atoms with van der Waals surface area (Å²) in [6, 6.07) is 47.3. The van der Waals surface area contributed by atoms with E-state index < -0.39 is 44.2 Å². The number of pyridine rings is 1. The number of nitrogens with zero attached hydrogens (tertiary/aromatic N) is 6. The molecule has 8 aromatic carbocycles. The summed E-state index contributed by atoms with van der Waals surface area (Å²) in [6.45, 7) is 2.70. The largest absolute Gasteiger partial charge is 0.509 e. The van der Waals surface area contributed by atoms with Crippen molar-refractivity contribution in [2.24, 2.45) is 14.0 Å². The average Bonchev–Trinajstić information content (AvgIpc) is 3.10. The Morgan fingerprint density at radius 2 is 1.21 bits per heavy atom. The van der Waals surface area contributed by atoms with Gasteiger partial charge in [-0.1, -0.05) is 123 Å². The zero-order valence-electron chi connectivity index (χ0n) is 47.8. The normalized spacial score (nSPS) is 15.5. The Bertz CT molecular complexity index is 4380. The molecule has 0 N–H and O–H groups in total. The molecular formula is C60H45N6OPt-3. The molecule has 0 spiro atoms. The van der Waals surface area contributed by atoms with Crippen LogP contribution >= 0.6 is 0 Å². The topological polar surface area (TPSA) is 43.4 Å². The van der Waals surface area contributed by atoms with Crippen molar-refractivity contribution in [1.29, 1.82) is 0 Å². The fourth-order valence-electron chi connectivity index (χ4n) is 9.80. The molecule has 68 heavy (non-hydrogen) atoms. The maximum atomic E-state index is 9.13. The summed E-state index contributed by atoms with van der Waals surface area (Å²) >= 11 is 0. The molecule has 4 aromatic heterocycles. The molecule has 1 aliphatic rings. The van der Waals surface area contributed by atoms with Crippen LogP contribution < -0.4 is 14.5 Å². The molecule has 8 heteroatoms. The summed E-state index contributed by atoms with van der Waals surface area (Å²) in [6.07, 6.45) is 1.80. The Kier molecular flexibility index (Phi) is 7.27. The first-order chi connectivity index (χ1) is 37.2. The fourth-order valence-corrected chi connectivity index (χ4v) is 9.80. The van der Waals surface area contributed by atoms with Gasteiger partial charge in [0.2, 0.25) is 0 Å². The van der Waals surface area contributed by atoms with Gasteiger partial charge in [0.1, 0.15) is 5.82 Å². The summed E-state index contributed by atoms with van der Waals surface area (Å²) in [4.78, 5) is 8.42. The van der Waals surface area contributed by atoms with E-state index in [0.29, 0.717) is 61.0 Å². The predicted molar refractivity (Wildman–Crippen MR) is 276 cm³/mol. The molecule has 0 amide bonds. The van der Waals surface area contributed by atoms with Gasteiger partial charge in [0.05, 0.1) is 23.6 Å². The number of fused-ring (bicyclic) bond motifs is 10. The minimum absolute atomic E-state index is 0. The van der Waals surface area contributed by atoms with Crippen LogP contribution in [-0.2, 0) is 40.4 Å². The molecule has 0 unspecified atom stereocenters. The van der Waals surface area contributed by atoms with Gasteiger partial charge in [-0.15, -0.1) is 53.6 Å². The Balaban J connectivity index is 0.00000623. The van der Waals surface area contributed by atoms with Crippen molar-refractivity contribution in [2.75, 3.05) is 9.80 Å². The second-order valence-electron chi connectivity index (χ2n) is 17.9. The summed E-state index contributed by atoms with van der Waals surface area (Å²) in [7, 11) is 0. The number of para-hydroxylation sites is 5. The summed E-state index contributed by atoms with van der Waals surface area (Å²) in [5.74, 6) is 1.09. The van der Waals surface area contributed by atoms with E-state index in [0.717, 1.165) is 21.9 Å². The van der Waals surface area contributed by atoms with E-state index in [9.17, 15) is 0 Å². The van der Waals surface area contributed by atoms with Crippen LogP contribution in [0.4, 0.5) is 22.7 Å². The van der Waals surface area contributed by atoms with Crippen LogP contribution in [0.2, 0.25) is 0 Å². The SMILES string of the molecule is [2H]c1c([2H])c([2H])c(-c2cc(Oc3[c-]c4c(cc3)c3ccccc3n4-c3cc(C(C)(C)C)ccn3)[c-]c(N3[CH-]N(c4c5c(cc6c7ccccc7n(C([2H])([2H])[2H])c46)c4ccccc4n5C([2H])([2H])[2H])c4ccccc43)c2)c([2H])c1[2H].[Pt]. The minimum atomic E-state index is -2.74. The zero-order chi connectivity index (χ0) is 54.5. The van der Waals surface area contributed by atoms with Gasteiger partial charge in [0, 0.05) is 110 Å². The Morgan fingerprint density at radius 3 is 1.87 bits per heavy atom. The molecule has 1 aliphatic heterocycles. The van der Waals surface area contributed by atoms with Crippen molar-refractivity contribution in [2.45, 2.75) is 26.2 Å². The van der Waals surface area contributed by atoms with Crippen LogP contribution in [0.3, 0.4) is 0 Å². The molecule has 12 aromatic rings. The quantitative estimate of drug-likeness (QED) is 0.156. The van der Waals surface area contributed by atoms with Crippen LogP contribution in [0.5, 0.6) is 11.5 Å². The van der Waals surface area contributed by atoms with Crippen molar-refractivity contribution >= 4 is 88.2 Å². The molecule has 13 rings (SSSR count). The Labute approximate surface area is 424 Å². The molecule has 0 radical (unpaired) electrons. The molecule has 5 heterocycles. The number of aryl methyl sites for hydroxylation is 2. The first-order valence-corrected chi connectivity index (χ1v) is 22.0. The number of ether oxygens (including phenoxy) is 1. The summed E-state index contributed by atoms with van der Waals surface area (Å²) in [5, 5.41) is 4.40. The van der Waals surface area contributed by atoms with Gasteiger partial charge in [0.25, 0.3) is 0 Å². The number of aromatic nitrogens is 4. The van der Waals surface area contributed by atoms with Gasteiger partial charge in [-0.3, -0.25) is 0 Å². The maximum Gasteiger partial charge on any atom is 0.135 e. The van der Waals surface area contributed by atoms with Crippen molar-refractivity contribution in [3.63, 3.8) is 0 Å². The van der Waals surface area contributed by atoms with Gasteiger partial charge < -0.3 is 28.2 Å². The van der Waals surface area contributed by atoms with Crippen molar-refractivity contribution in [1.82, 2.24) is 18.7 Å². The molecule has 334 valence electrons. The van der Waals surface area contributed by atoms with Crippen LogP contribution in [0.1, 0.15) is 41.4 Å². The summed E-state index contributed by atoms with van der Waals surface area (Å²) in [5.41, 5.74) is 5.80. The second-order valence-corrected chi connectivity index (χ2v) is 17.9. The second kappa shape index (κ2) is 15.8. The summed E-state index contributed by atoms with van der Waals surface area (Å²) < 4.78 is 110. The minimum Gasteiger partial charge on any atom is -0.509 e. The zero-order valence-corrected chi connectivity index (χ0v) is 39.1. The third-order valence-electron chi connectivity index (χ3n) is 12.9. The van der Waals surface area contributed by atoms with Gasteiger partial charge in [-0.2, -0.15) is 6.07 Å². The van der Waals surface area contributed by atoms with Gasteiger partial charge in [-0.25, -0.2) is 4.98 Å². The van der Waals surface area contributed by atoms with Crippen LogP contribution in [0, 0.1) is 18.8 Å². The number of benzene rings is 8. The number of anilines is 4. The van der Waals surface area contributed by atoms with E-state index in [4.69, 9.17) is 24.8 Å². The Hall–Kier alpha value is -7.60. The molecule has 0 saturated carbocycles. The molecular weight excluding hydrogens is 1020 g/mol. The van der Waals surface area contributed by atoms with E-state index in [1.54, 1.807) is 65.1 Å². The van der Waals surface area contributed by atoms with E-state index in [2.05, 4.69) is 39.0 Å². The molecule has 0 bridgehead atoms. The predicted octanol–water partition coefficient (Wildman–Crippen LogP) is 15.2. The molecule has 7 nitrogen and oxygen atoms in total. The van der Waals surface area contributed by atoms with Gasteiger partial charge in [-0.05, 0) is 70.5 Å². The average molecular weight is 1070 g/mol. The monoisotopic (exact) mass is 1070 g/mol. The first kappa shape index (κ1) is 31.4. The maximum absolute atomic E-state index is 9.13. The van der Waals surface area contributed by atoms with E-state index in [1.807, 2.05) is 95.6 Å². The number of hydrogen-bond acceptors (Lipinski definition) is 4.